The SMILES string of the molecule is Cc1cc(NC(=O)c2ccc(F)cc2Cl)sc1C(=O)NC(C)(C)CN. The first-order valence-corrected chi connectivity index (χ1v) is 8.72. The Bertz CT molecular complexity index is 820. The molecule has 0 aliphatic carbocycles. The summed E-state index contributed by atoms with van der Waals surface area (Å²) in [5.41, 5.74) is 5.98. The molecule has 0 unspecified atom stereocenters. The first-order chi connectivity index (χ1) is 11.6. The Morgan fingerprint density at radius 1 is 1.28 bits per heavy atom. The van der Waals surface area contributed by atoms with Gasteiger partial charge < -0.3 is 16.4 Å². The monoisotopic (exact) mass is 383 g/mol. The number of halogens is 2. The van der Waals surface area contributed by atoms with Crippen molar-refractivity contribution >= 4 is 39.8 Å². The van der Waals surface area contributed by atoms with Crippen molar-refractivity contribution in [3.8, 4) is 0 Å². The van der Waals surface area contributed by atoms with Crippen LogP contribution in [0.1, 0.15) is 39.4 Å². The summed E-state index contributed by atoms with van der Waals surface area (Å²) in [6.45, 7) is 5.73. The Kier molecular flexibility index (Phi) is 5.82. The number of aryl methyl sites for hydroxylation is 1. The molecule has 134 valence electrons. The molecule has 2 aromatic rings. The summed E-state index contributed by atoms with van der Waals surface area (Å²) >= 11 is 7.04. The van der Waals surface area contributed by atoms with Gasteiger partial charge in [0.25, 0.3) is 11.8 Å². The van der Waals surface area contributed by atoms with Crippen molar-refractivity contribution in [2.45, 2.75) is 26.3 Å². The van der Waals surface area contributed by atoms with Crippen LogP contribution in [0.2, 0.25) is 5.02 Å². The lowest BCUT2D eigenvalue weighted by Gasteiger charge is -2.23. The van der Waals surface area contributed by atoms with E-state index in [2.05, 4.69) is 10.6 Å². The fraction of sp³-hybridized carbons (Fsp3) is 0.294. The summed E-state index contributed by atoms with van der Waals surface area (Å²) in [6.07, 6.45) is 0. The highest BCUT2D eigenvalue weighted by Crippen LogP contribution is 2.28. The van der Waals surface area contributed by atoms with E-state index in [1.807, 2.05) is 13.8 Å². The van der Waals surface area contributed by atoms with Crippen LogP contribution in [-0.4, -0.2) is 23.9 Å². The van der Waals surface area contributed by atoms with Crippen molar-refractivity contribution < 1.29 is 14.0 Å². The average molecular weight is 384 g/mol. The number of nitrogens with one attached hydrogen (secondary N) is 2. The van der Waals surface area contributed by atoms with E-state index in [0.717, 1.165) is 29.0 Å². The van der Waals surface area contributed by atoms with Crippen molar-refractivity contribution in [2.24, 2.45) is 5.73 Å². The van der Waals surface area contributed by atoms with E-state index in [1.165, 1.54) is 6.07 Å². The van der Waals surface area contributed by atoms with E-state index in [4.69, 9.17) is 17.3 Å². The Morgan fingerprint density at radius 3 is 2.56 bits per heavy atom. The molecular weight excluding hydrogens is 365 g/mol. The van der Waals surface area contributed by atoms with Gasteiger partial charge in [0.1, 0.15) is 5.82 Å². The minimum Gasteiger partial charge on any atom is -0.345 e. The maximum Gasteiger partial charge on any atom is 0.262 e. The summed E-state index contributed by atoms with van der Waals surface area (Å²) in [5.74, 6) is -1.24. The van der Waals surface area contributed by atoms with Gasteiger partial charge in [-0.05, 0) is 50.6 Å². The second-order valence-corrected chi connectivity index (χ2v) is 7.70. The number of hydrogen-bond donors (Lipinski definition) is 3. The molecule has 0 aliphatic heterocycles. The molecule has 1 aromatic carbocycles. The molecule has 5 nitrogen and oxygen atoms in total. The van der Waals surface area contributed by atoms with Gasteiger partial charge in [0.15, 0.2) is 0 Å². The predicted octanol–water partition coefficient (Wildman–Crippen LogP) is 3.57. The van der Waals surface area contributed by atoms with E-state index in [9.17, 15) is 14.0 Å². The fourth-order valence-electron chi connectivity index (χ4n) is 2.04. The molecule has 0 bridgehead atoms. The zero-order valence-corrected chi connectivity index (χ0v) is 15.6. The number of benzene rings is 1. The molecule has 0 atom stereocenters. The van der Waals surface area contributed by atoms with Gasteiger partial charge in [0.2, 0.25) is 0 Å². The van der Waals surface area contributed by atoms with E-state index < -0.39 is 17.3 Å². The summed E-state index contributed by atoms with van der Waals surface area (Å²) in [4.78, 5) is 25.1. The Hall–Kier alpha value is -1.96. The zero-order chi connectivity index (χ0) is 18.8. The molecule has 25 heavy (non-hydrogen) atoms. The Balaban J connectivity index is 2.17. The second kappa shape index (κ2) is 7.51. The highest BCUT2D eigenvalue weighted by Gasteiger charge is 2.22. The number of nitrogens with two attached hydrogens (primary N) is 1. The van der Waals surface area contributed by atoms with E-state index in [1.54, 1.807) is 13.0 Å². The van der Waals surface area contributed by atoms with Crippen LogP contribution in [0.4, 0.5) is 9.39 Å². The summed E-state index contributed by atoms with van der Waals surface area (Å²) in [7, 11) is 0. The first-order valence-electron chi connectivity index (χ1n) is 7.52. The highest BCUT2D eigenvalue weighted by atomic mass is 35.5. The molecule has 1 aromatic heterocycles. The van der Waals surface area contributed by atoms with Gasteiger partial charge in [-0.1, -0.05) is 11.6 Å². The number of carbonyl (C=O) groups excluding carboxylic acids is 2. The summed E-state index contributed by atoms with van der Waals surface area (Å²) < 4.78 is 13.1. The van der Waals surface area contributed by atoms with Gasteiger partial charge in [-0.25, -0.2) is 4.39 Å². The van der Waals surface area contributed by atoms with Crippen molar-refractivity contribution in [1.29, 1.82) is 0 Å². The average Bonchev–Trinajstić information content (AvgIpc) is 2.87. The number of rotatable bonds is 5. The molecule has 0 aliphatic rings. The third-order valence-corrected chi connectivity index (χ3v) is 4.96. The maximum absolute atomic E-state index is 13.1. The number of thiophene rings is 1. The van der Waals surface area contributed by atoms with Crippen molar-refractivity contribution in [2.75, 3.05) is 11.9 Å². The summed E-state index contributed by atoms with van der Waals surface area (Å²) in [6, 6.07) is 5.24. The quantitative estimate of drug-likeness (QED) is 0.737. The van der Waals surface area contributed by atoms with Crippen LogP contribution in [0, 0.1) is 12.7 Å². The second-order valence-electron chi connectivity index (χ2n) is 6.24. The minimum absolute atomic E-state index is 0.0217. The van der Waals surface area contributed by atoms with Gasteiger partial charge >= 0.3 is 0 Å². The van der Waals surface area contributed by atoms with Gasteiger partial charge in [-0.15, -0.1) is 11.3 Å². The lowest BCUT2D eigenvalue weighted by Crippen LogP contribution is -2.48. The smallest absolute Gasteiger partial charge is 0.262 e. The molecular formula is C17H19ClFN3O2S. The van der Waals surface area contributed by atoms with Crippen LogP contribution in [0.25, 0.3) is 0 Å². The van der Waals surface area contributed by atoms with Crippen LogP contribution in [0.5, 0.6) is 0 Å². The molecule has 4 N–H and O–H groups in total. The number of carbonyl (C=O) groups is 2. The number of anilines is 1. The summed E-state index contributed by atoms with van der Waals surface area (Å²) in [5, 5.41) is 6.05. The predicted molar refractivity (Wildman–Crippen MR) is 99.0 cm³/mol. The van der Waals surface area contributed by atoms with E-state index >= 15 is 0 Å². The fourth-order valence-corrected chi connectivity index (χ4v) is 3.25. The lowest BCUT2D eigenvalue weighted by atomic mass is 10.1. The van der Waals surface area contributed by atoms with Crippen molar-refractivity contribution in [1.82, 2.24) is 5.32 Å². The molecule has 2 amide bonds. The zero-order valence-electron chi connectivity index (χ0n) is 14.1. The van der Waals surface area contributed by atoms with E-state index in [-0.39, 0.29) is 16.5 Å². The van der Waals surface area contributed by atoms with Gasteiger partial charge in [-0.2, -0.15) is 0 Å². The number of hydrogen-bond acceptors (Lipinski definition) is 4. The van der Waals surface area contributed by atoms with Crippen LogP contribution in [0.15, 0.2) is 24.3 Å². The molecule has 0 radical (unpaired) electrons. The van der Waals surface area contributed by atoms with Gasteiger partial charge in [0.05, 0.1) is 20.5 Å². The van der Waals surface area contributed by atoms with Crippen molar-refractivity contribution in [3.63, 3.8) is 0 Å². The van der Waals surface area contributed by atoms with Crippen LogP contribution in [-0.2, 0) is 0 Å². The molecule has 0 fully saturated rings. The van der Waals surface area contributed by atoms with Crippen LogP contribution in [0.3, 0.4) is 0 Å². The van der Waals surface area contributed by atoms with Gasteiger partial charge in [-0.3, -0.25) is 9.59 Å². The van der Waals surface area contributed by atoms with Gasteiger partial charge in [0, 0.05) is 12.1 Å². The highest BCUT2D eigenvalue weighted by molar-refractivity contribution is 7.18. The number of amides is 2. The third kappa shape index (κ3) is 4.78. The Labute approximate surface area is 154 Å². The van der Waals surface area contributed by atoms with Crippen LogP contribution >= 0.6 is 22.9 Å². The molecule has 8 heteroatoms. The van der Waals surface area contributed by atoms with Crippen molar-refractivity contribution in [3.05, 3.63) is 51.1 Å². The standard InChI is InChI=1S/C17H19ClFN3O2S/c1-9-6-13(25-14(9)16(24)22-17(2,3)8-20)21-15(23)11-5-4-10(19)7-12(11)18/h4-7H,8,20H2,1-3H3,(H,21,23)(H,22,24). The maximum atomic E-state index is 13.1. The molecule has 0 saturated heterocycles. The van der Waals surface area contributed by atoms with Crippen LogP contribution < -0.4 is 16.4 Å². The molecule has 0 spiro atoms. The van der Waals surface area contributed by atoms with E-state index in [0.29, 0.717) is 16.4 Å². The molecule has 0 saturated carbocycles. The largest absolute Gasteiger partial charge is 0.345 e. The Morgan fingerprint density at radius 2 is 1.96 bits per heavy atom. The molecule has 2 rings (SSSR count). The minimum atomic E-state index is -0.529. The lowest BCUT2D eigenvalue weighted by molar-refractivity contribution is 0.0918. The third-order valence-electron chi connectivity index (χ3n) is 3.50. The topological polar surface area (TPSA) is 84.2 Å². The first kappa shape index (κ1) is 19.4. The molecule has 1 heterocycles. The normalized spacial score (nSPS) is 11.3.